The van der Waals surface area contributed by atoms with E-state index in [0.29, 0.717) is 26.1 Å². The number of carbonyl (C=O) groups is 2. The minimum Gasteiger partial charge on any atom is -0.373 e. The Labute approximate surface area is 162 Å². The van der Waals surface area contributed by atoms with E-state index in [9.17, 15) is 9.59 Å². The molecule has 2 aliphatic rings. The van der Waals surface area contributed by atoms with E-state index in [-0.39, 0.29) is 23.5 Å². The van der Waals surface area contributed by atoms with Crippen molar-refractivity contribution in [3.8, 4) is 0 Å². The molecule has 2 aromatic heterocycles. The Morgan fingerprint density at radius 2 is 2.22 bits per heavy atom. The number of aryl methyl sites for hydroxylation is 1. The Morgan fingerprint density at radius 3 is 2.89 bits per heavy atom. The third-order valence-corrected chi connectivity index (χ3v) is 6.74. The van der Waals surface area contributed by atoms with Gasteiger partial charge in [0.25, 0.3) is 0 Å². The zero-order chi connectivity index (χ0) is 19.2. The molecule has 0 radical (unpaired) electrons. The fourth-order valence-corrected chi connectivity index (χ4v) is 4.96. The van der Waals surface area contributed by atoms with Crippen LogP contribution in [0.2, 0.25) is 0 Å². The number of morpholine rings is 1. The van der Waals surface area contributed by atoms with Gasteiger partial charge in [-0.1, -0.05) is 0 Å². The number of fused-ring (bicyclic) bond motifs is 1. The summed E-state index contributed by atoms with van der Waals surface area (Å²) < 4.78 is 8.04. The lowest BCUT2D eigenvalue weighted by molar-refractivity contribution is -0.172. The zero-order valence-corrected chi connectivity index (χ0v) is 16.9. The predicted molar refractivity (Wildman–Crippen MR) is 103 cm³/mol. The van der Waals surface area contributed by atoms with Crippen LogP contribution in [-0.4, -0.2) is 62.8 Å². The molecule has 1 atom stereocenters. The molecule has 146 valence electrons. The molecule has 4 rings (SSSR count). The van der Waals surface area contributed by atoms with Gasteiger partial charge < -0.3 is 14.5 Å². The van der Waals surface area contributed by atoms with Crippen LogP contribution >= 0.6 is 11.3 Å². The van der Waals surface area contributed by atoms with Gasteiger partial charge >= 0.3 is 0 Å². The molecule has 1 aliphatic carbocycles. The third-order valence-electron chi connectivity index (χ3n) is 5.99. The topological polar surface area (TPSA) is 67.2 Å². The van der Waals surface area contributed by atoms with Gasteiger partial charge in [0.2, 0.25) is 11.8 Å². The molecule has 1 saturated carbocycles. The van der Waals surface area contributed by atoms with Crippen molar-refractivity contribution in [3.63, 3.8) is 0 Å². The fraction of sp³-hybridized carbons (Fsp3) is 0.632. The monoisotopic (exact) mass is 390 g/mol. The Balaban J connectivity index is 1.39. The summed E-state index contributed by atoms with van der Waals surface area (Å²) >= 11 is 1.59. The molecule has 8 heteroatoms. The number of hydrogen-bond donors (Lipinski definition) is 0. The Bertz CT molecular complexity index is 870. The minimum atomic E-state index is -0.234. The van der Waals surface area contributed by atoms with Crippen LogP contribution in [0, 0.1) is 6.92 Å². The van der Waals surface area contributed by atoms with E-state index in [1.165, 1.54) is 0 Å². The first-order valence-corrected chi connectivity index (χ1v) is 10.3. The van der Waals surface area contributed by atoms with E-state index in [1.54, 1.807) is 23.2 Å². The van der Waals surface area contributed by atoms with Crippen LogP contribution in [0.1, 0.15) is 44.0 Å². The van der Waals surface area contributed by atoms with E-state index in [2.05, 4.69) is 4.98 Å². The van der Waals surface area contributed by atoms with Gasteiger partial charge in [-0.05, 0) is 26.2 Å². The van der Waals surface area contributed by atoms with Gasteiger partial charge in [0.15, 0.2) is 4.96 Å². The van der Waals surface area contributed by atoms with Crippen molar-refractivity contribution in [1.29, 1.82) is 0 Å². The van der Waals surface area contributed by atoms with Crippen molar-refractivity contribution < 1.29 is 14.3 Å². The maximum absolute atomic E-state index is 12.8. The molecule has 1 unspecified atom stereocenters. The van der Waals surface area contributed by atoms with Gasteiger partial charge in [-0.3, -0.25) is 14.0 Å². The molecular weight excluding hydrogens is 364 g/mol. The second-order valence-electron chi connectivity index (χ2n) is 7.79. The number of carbonyl (C=O) groups excluding carboxylic acids is 2. The van der Waals surface area contributed by atoms with Gasteiger partial charge in [0.1, 0.15) is 0 Å². The molecule has 27 heavy (non-hydrogen) atoms. The number of amides is 2. The first kappa shape index (κ1) is 18.4. The largest absolute Gasteiger partial charge is 0.373 e. The third kappa shape index (κ3) is 3.25. The maximum Gasteiger partial charge on any atom is 0.225 e. The average Bonchev–Trinajstić information content (AvgIpc) is 3.15. The lowest BCUT2D eigenvalue weighted by Gasteiger charge is -2.54. The van der Waals surface area contributed by atoms with Crippen molar-refractivity contribution >= 4 is 28.1 Å². The standard InChI is InChI=1S/C19H26N4O3S/c1-13-16(22-7-8-27-18(22)20-13)11-21(3)17(25)9-15-10-23(14(2)24)19(12-26-15)5-4-6-19/h7-8,15H,4-6,9-12H2,1-3H3. The summed E-state index contributed by atoms with van der Waals surface area (Å²) in [6.45, 7) is 5.15. The van der Waals surface area contributed by atoms with Crippen molar-refractivity contribution in [2.45, 2.75) is 57.7 Å². The lowest BCUT2D eigenvalue weighted by atomic mass is 9.74. The molecule has 0 bridgehead atoms. The zero-order valence-electron chi connectivity index (χ0n) is 16.1. The molecule has 2 aromatic rings. The molecule has 1 spiro atoms. The SMILES string of the molecule is CC(=O)N1CC(CC(=O)N(C)Cc2c(C)nc3sccn23)OCC12CCC2. The van der Waals surface area contributed by atoms with E-state index < -0.39 is 0 Å². The summed E-state index contributed by atoms with van der Waals surface area (Å²) in [6, 6.07) is 0. The number of hydrogen-bond acceptors (Lipinski definition) is 5. The van der Waals surface area contributed by atoms with Crippen LogP contribution in [0.25, 0.3) is 4.96 Å². The normalized spacial score (nSPS) is 21.4. The predicted octanol–water partition coefficient (Wildman–Crippen LogP) is 2.22. The van der Waals surface area contributed by atoms with Crippen molar-refractivity contribution in [2.75, 3.05) is 20.2 Å². The number of nitrogens with zero attached hydrogens (tertiary/aromatic N) is 4. The highest BCUT2D eigenvalue weighted by molar-refractivity contribution is 7.15. The van der Waals surface area contributed by atoms with E-state index in [4.69, 9.17) is 4.74 Å². The second-order valence-corrected chi connectivity index (χ2v) is 8.67. The lowest BCUT2D eigenvalue weighted by Crippen LogP contribution is -2.64. The van der Waals surface area contributed by atoms with Gasteiger partial charge in [-0.15, -0.1) is 11.3 Å². The Hall–Kier alpha value is -1.93. The first-order chi connectivity index (χ1) is 12.9. The summed E-state index contributed by atoms with van der Waals surface area (Å²) in [5.41, 5.74) is 1.87. The molecule has 1 saturated heterocycles. The fourth-order valence-electron chi connectivity index (χ4n) is 4.18. The maximum atomic E-state index is 12.8. The van der Waals surface area contributed by atoms with Gasteiger partial charge in [-0.25, -0.2) is 4.98 Å². The van der Waals surface area contributed by atoms with Gasteiger partial charge in [-0.2, -0.15) is 0 Å². The Morgan fingerprint density at radius 1 is 1.44 bits per heavy atom. The summed E-state index contributed by atoms with van der Waals surface area (Å²) in [6.07, 6.45) is 5.19. The molecule has 2 amide bonds. The highest BCUT2D eigenvalue weighted by Gasteiger charge is 2.48. The number of ether oxygens (including phenoxy) is 1. The number of aromatic nitrogens is 2. The van der Waals surface area contributed by atoms with Crippen molar-refractivity contribution in [1.82, 2.24) is 19.2 Å². The van der Waals surface area contributed by atoms with Crippen LogP contribution in [0.4, 0.5) is 0 Å². The second kappa shape index (κ2) is 6.91. The first-order valence-electron chi connectivity index (χ1n) is 9.44. The number of rotatable bonds is 4. The molecule has 1 aliphatic heterocycles. The van der Waals surface area contributed by atoms with Crippen molar-refractivity contribution in [2.24, 2.45) is 0 Å². The van der Waals surface area contributed by atoms with Crippen LogP contribution in [-0.2, 0) is 20.9 Å². The summed E-state index contributed by atoms with van der Waals surface area (Å²) in [4.78, 5) is 34.0. The van der Waals surface area contributed by atoms with Gasteiger partial charge in [0, 0.05) is 32.1 Å². The number of thiazole rings is 1. The average molecular weight is 391 g/mol. The molecule has 0 N–H and O–H groups in total. The summed E-state index contributed by atoms with van der Waals surface area (Å²) in [5.74, 6) is 0.108. The van der Waals surface area contributed by atoms with E-state index >= 15 is 0 Å². The van der Waals surface area contributed by atoms with Crippen molar-refractivity contribution in [3.05, 3.63) is 23.0 Å². The van der Waals surface area contributed by atoms with Crippen LogP contribution in [0.15, 0.2) is 11.6 Å². The summed E-state index contributed by atoms with van der Waals surface area (Å²) in [5, 5.41) is 2.00. The number of imidazole rings is 1. The smallest absolute Gasteiger partial charge is 0.225 e. The quantitative estimate of drug-likeness (QED) is 0.803. The Kier molecular flexibility index (Phi) is 4.71. The van der Waals surface area contributed by atoms with E-state index in [0.717, 1.165) is 35.6 Å². The van der Waals surface area contributed by atoms with Gasteiger partial charge in [0.05, 0.1) is 42.6 Å². The highest BCUT2D eigenvalue weighted by Crippen LogP contribution is 2.41. The molecule has 3 heterocycles. The minimum absolute atomic E-state index is 0.0256. The molecule has 0 aromatic carbocycles. The molecule has 7 nitrogen and oxygen atoms in total. The highest BCUT2D eigenvalue weighted by atomic mass is 32.1. The molecular formula is C19H26N4O3S. The molecule has 2 fully saturated rings. The summed E-state index contributed by atoms with van der Waals surface area (Å²) in [7, 11) is 1.81. The van der Waals surface area contributed by atoms with E-state index in [1.807, 2.05) is 34.8 Å². The van der Waals surface area contributed by atoms with Crippen LogP contribution in [0.3, 0.4) is 0 Å². The van der Waals surface area contributed by atoms with Crippen LogP contribution < -0.4 is 0 Å². The van der Waals surface area contributed by atoms with Crippen LogP contribution in [0.5, 0.6) is 0 Å².